The molecule has 2 aromatic heterocycles. The molecular formula is C13H11F2N5S. The Balaban J connectivity index is 1.87. The van der Waals surface area contributed by atoms with Crippen molar-refractivity contribution >= 4 is 21.6 Å². The summed E-state index contributed by atoms with van der Waals surface area (Å²) in [5.74, 6) is -0.243. The molecule has 0 unspecified atom stereocenters. The Morgan fingerprint density at radius 1 is 1.29 bits per heavy atom. The smallest absolute Gasteiger partial charge is 0.193 e. The number of hydrogen-bond donors (Lipinski definition) is 1. The first-order chi connectivity index (χ1) is 10.1. The number of aromatic nitrogens is 4. The van der Waals surface area contributed by atoms with Crippen LogP contribution in [0.3, 0.4) is 0 Å². The van der Waals surface area contributed by atoms with E-state index in [0.29, 0.717) is 21.0 Å². The summed E-state index contributed by atoms with van der Waals surface area (Å²) in [7, 11) is 0. The highest BCUT2D eigenvalue weighted by molar-refractivity contribution is 7.21. The van der Waals surface area contributed by atoms with Gasteiger partial charge in [-0.25, -0.2) is 13.8 Å². The molecule has 1 aliphatic heterocycles. The molecule has 0 radical (unpaired) electrons. The third kappa shape index (κ3) is 1.94. The van der Waals surface area contributed by atoms with E-state index < -0.39 is 11.6 Å². The van der Waals surface area contributed by atoms with Gasteiger partial charge in [-0.15, -0.1) is 21.5 Å². The molecule has 0 spiro atoms. The molecule has 21 heavy (non-hydrogen) atoms. The van der Waals surface area contributed by atoms with Gasteiger partial charge in [-0.3, -0.25) is 0 Å². The van der Waals surface area contributed by atoms with Crippen LogP contribution in [0.5, 0.6) is 0 Å². The fourth-order valence-electron chi connectivity index (χ4n) is 2.52. The molecule has 1 aliphatic rings. The van der Waals surface area contributed by atoms with Crippen molar-refractivity contribution in [2.45, 2.75) is 19.5 Å². The Morgan fingerprint density at radius 2 is 2.10 bits per heavy atom. The number of rotatable bonds is 1. The fraction of sp³-hybridized carbons (Fsp3) is 0.308. The third-order valence-electron chi connectivity index (χ3n) is 3.57. The van der Waals surface area contributed by atoms with Crippen LogP contribution in [0.4, 0.5) is 8.78 Å². The molecule has 0 fully saturated rings. The van der Waals surface area contributed by atoms with Crippen LogP contribution in [-0.2, 0) is 6.54 Å². The lowest BCUT2D eigenvalue weighted by molar-refractivity contribution is 0.439. The molecule has 8 heteroatoms. The standard InChI is InChI=1S/C13H11F2N5S/c1-6-11-18-19-12(20(11)3-2-16-6)13-17-9-4-7(14)8(15)5-10(9)21-13/h4-6,16H,2-3H2,1H3/t6-/m1/s1. The van der Waals surface area contributed by atoms with Crippen molar-refractivity contribution in [2.75, 3.05) is 6.54 Å². The van der Waals surface area contributed by atoms with Gasteiger partial charge in [-0.1, -0.05) is 0 Å². The lowest BCUT2D eigenvalue weighted by atomic mass is 10.2. The van der Waals surface area contributed by atoms with E-state index >= 15 is 0 Å². The molecule has 1 N–H and O–H groups in total. The van der Waals surface area contributed by atoms with Crippen molar-refractivity contribution in [3.05, 3.63) is 29.6 Å². The van der Waals surface area contributed by atoms with Crippen LogP contribution in [0, 0.1) is 11.6 Å². The highest BCUT2D eigenvalue weighted by Crippen LogP contribution is 2.32. The van der Waals surface area contributed by atoms with Crippen molar-refractivity contribution in [3.63, 3.8) is 0 Å². The maximum Gasteiger partial charge on any atom is 0.193 e. The highest BCUT2D eigenvalue weighted by atomic mass is 32.1. The van der Waals surface area contributed by atoms with Gasteiger partial charge < -0.3 is 9.88 Å². The number of nitrogens with zero attached hydrogens (tertiary/aromatic N) is 4. The minimum Gasteiger partial charge on any atom is -0.306 e. The minimum absolute atomic E-state index is 0.129. The zero-order valence-electron chi connectivity index (χ0n) is 11.1. The Bertz CT molecular complexity index is 802. The van der Waals surface area contributed by atoms with Crippen LogP contribution in [0.2, 0.25) is 0 Å². The van der Waals surface area contributed by atoms with Crippen molar-refractivity contribution in [1.29, 1.82) is 0 Å². The molecule has 0 saturated carbocycles. The molecule has 1 atom stereocenters. The zero-order valence-corrected chi connectivity index (χ0v) is 11.9. The molecule has 0 saturated heterocycles. The van der Waals surface area contributed by atoms with Crippen molar-refractivity contribution in [3.8, 4) is 10.8 Å². The van der Waals surface area contributed by atoms with Crippen molar-refractivity contribution in [2.24, 2.45) is 0 Å². The van der Waals surface area contributed by atoms with E-state index in [-0.39, 0.29) is 6.04 Å². The monoisotopic (exact) mass is 307 g/mol. The molecular weight excluding hydrogens is 296 g/mol. The molecule has 1 aromatic carbocycles. The average molecular weight is 307 g/mol. The van der Waals surface area contributed by atoms with E-state index in [1.807, 2.05) is 11.5 Å². The molecule has 0 bridgehead atoms. The number of halogens is 2. The quantitative estimate of drug-likeness (QED) is 0.750. The maximum absolute atomic E-state index is 13.3. The fourth-order valence-corrected chi connectivity index (χ4v) is 3.48. The normalized spacial score (nSPS) is 18.1. The highest BCUT2D eigenvalue weighted by Gasteiger charge is 2.24. The number of hydrogen-bond acceptors (Lipinski definition) is 5. The first-order valence-corrected chi connectivity index (χ1v) is 7.37. The van der Waals surface area contributed by atoms with E-state index in [1.54, 1.807) is 0 Å². The second kappa shape index (κ2) is 4.54. The van der Waals surface area contributed by atoms with Gasteiger partial charge in [-0.2, -0.15) is 0 Å². The zero-order chi connectivity index (χ0) is 14.6. The van der Waals surface area contributed by atoms with Crippen molar-refractivity contribution < 1.29 is 8.78 Å². The molecule has 3 heterocycles. The van der Waals surface area contributed by atoms with Gasteiger partial charge in [0.2, 0.25) is 0 Å². The lowest BCUT2D eigenvalue weighted by Crippen LogP contribution is -2.32. The second-order valence-corrected chi connectivity index (χ2v) is 5.99. The molecule has 5 nitrogen and oxygen atoms in total. The lowest BCUT2D eigenvalue weighted by Gasteiger charge is -2.21. The van der Waals surface area contributed by atoms with Gasteiger partial charge in [0.1, 0.15) is 5.82 Å². The summed E-state index contributed by atoms with van der Waals surface area (Å²) in [5, 5.41) is 12.3. The SMILES string of the molecule is C[C@H]1NCCn2c(-c3nc4cc(F)c(F)cc4s3)nnc21. The third-order valence-corrected chi connectivity index (χ3v) is 4.59. The minimum atomic E-state index is -0.888. The second-order valence-electron chi connectivity index (χ2n) is 4.96. The average Bonchev–Trinajstić information content (AvgIpc) is 3.03. The van der Waals surface area contributed by atoms with Gasteiger partial charge in [0, 0.05) is 19.2 Å². The molecule has 108 valence electrons. The van der Waals surface area contributed by atoms with E-state index in [0.717, 1.165) is 25.0 Å². The van der Waals surface area contributed by atoms with Gasteiger partial charge >= 0.3 is 0 Å². The Morgan fingerprint density at radius 3 is 2.95 bits per heavy atom. The Labute approximate surface area is 122 Å². The predicted octanol–water partition coefficient (Wildman–Crippen LogP) is 2.50. The molecule has 0 aliphatic carbocycles. The van der Waals surface area contributed by atoms with E-state index in [4.69, 9.17) is 0 Å². The van der Waals surface area contributed by atoms with Crippen LogP contribution in [0.1, 0.15) is 18.8 Å². The number of fused-ring (bicyclic) bond motifs is 2. The number of thiazole rings is 1. The summed E-state index contributed by atoms with van der Waals surface area (Å²) >= 11 is 1.29. The Hall–Kier alpha value is -1.93. The molecule has 0 amide bonds. The summed E-state index contributed by atoms with van der Waals surface area (Å²) in [6, 6.07) is 2.41. The first-order valence-electron chi connectivity index (χ1n) is 6.56. The summed E-state index contributed by atoms with van der Waals surface area (Å²) in [6.07, 6.45) is 0. The van der Waals surface area contributed by atoms with E-state index in [2.05, 4.69) is 20.5 Å². The van der Waals surface area contributed by atoms with Gasteiger partial charge in [0.05, 0.1) is 16.3 Å². The van der Waals surface area contributed by atoms with E-state index in [9.17, 15) is 8.78 Å². The van der Waals surface area contributed by atoms with Crippen LogP contribution in [-0.4, -0.2) is 26.3 Å². The first kappa shape index (κ1) is 12.8. The summed E-state index contributed by atoms with van der Waals surface area (Å²) in [6.45, 7) is 3.60. The van der Waals surface area contributed by atoms with Crippen LogP contribution < -0.4 is 5.32 Å². The summed E-state index contributed by atoms with van der Waals surface area (Å²) in [5.41, 5.74) is 0.438. The van der Waals surface area contributed by atoms with Gasteiger partial charge in [-0.05, 0) is 13.0 Å². The summed E-state index contributed by atoms with van der Waals surface area (Å²) in [4.78, 5) is 4.36. The number of nitrogens with one attached hydrogen (secondary N) is 1. The van der Waals surface area contributed by atoms with Gasteiger partial charge in [0.25, 0.3) is 0 Å². The summed E-state index contributed by atoms with van der Waals surface area (Å²) < 4.78 is 29.2. The van der Waals surface area contributed by atoms with Crippen LogP contribution in [0.25, 0.3) is 21.0 Å². The van der Waals surface area contributed by atoms with E-state index in [1.165, 1.54) is 17.4 Å². The number of benzene rings is 1. The van der Waals surface area contributed by atoms with Crippen LogP contribution >= 0.6 is 11.3 Å². The maximum atomic E-state index is 13.3. The topological polar surface area (TPSA) is 55.6 Å². The van der Waals surface area contributed by atoms with Crippen LogP contribution in [0.15, 0.2) is 12.1 Å². The van der Waals surface area contributed by atoms with Gasteiger partial charge in [0.15, 0.2) is 22.5 Å². The largest absolute Gasteiger partial charge is 0.306 e. The van der Waals surface area contributed by atoms with Crippen molar-refractivity contribution in [1.82, 2.24) is 25.1 Å². The molecule has 3 aromatic rings. The predicted molar refractivity (Wildman–Crippen MR) is 75.0 cm³/mol. The molecule has 4 rings (SSSR count). The Kier molecular flexibility index (Phi) is 2.76.